The van der Waals surface area contributed by atoms with Gasteiger partial charge >= 0.3 is 0 Å². The normalized spacial score (nSPS) is 20.2. The number of fused-ring (bicyclic) bond motifs is 1. The Morgan fingerprint density at radius 1 is 1.24 bits per heavy atom. The maximum atomic E-state index is 15.2. The first-order valence-corrected chi connectivity index (χ1v) is 13.4. The van der Waals surface area contributed by atoms with E-state index in [9.17, 15) is 9.59 Å². The standard InChI is InChI=1S/C28H30ClFN6O5/c1-14-15-6-5-7-21(24(15)26(38)32-14)41-27-17(29)12-31-28(35-27)34-20-11-18(30)16(10-22(20)39-3)25(37)33-19-8-9-36(2)13-23(19)40-4/h5-7,10-12,14,19,23H,8-9,13H2,1-4H3,(H,32,38)(H,33,37)(H,31,34,35)/t14?,19?,23-/m0/s1. The minimum Gasteiger partial charge on any atom is -0.495 e. The highest BCUT2D eigenvalue weighted by Crippen LogP contribution is 2.37. The summed E-state index contributed by atoms with van der Waals surface area (Å²) in [6.07, 6.45) is 1.78. The SMILES string of the molecule is COc1cc(C(=O)NC2CCN(C)C[C@@H]2OC)c(F)cc1Nc1ncc(Cl)c(Oc2cccc3c2C(=O)NC3C)n1. The van der Waals surface area contributed by atoms with E-state index in [-0.39, 0.29) is 63.7 Å². The van der Waals surface area contributed by atoms with Crippen LogP contribution in [0.5, 0.6) is 17.4 Å². The van der Waals surface area contributed by atoms with Crippen LogP contribution >= 0.6 is 11.6 Å². The summed E-state index contributed by atoms with van der Waals surface area (Å²) in [4.78, 5) is 36.0. The van der Waals surface area contributed by atoms with Crippen molar-refractivity contribution in [2.45, 2.75) is 31.5 Å². The molecule has 0 bridgehead atoms. The number of methoxy groups -OCH3 is 2. The lowest BCUT2D eigenvalue weighted by atomic mass is 10.0. The molecule has 2 aliphatic rings. The van der Waals surface area contributed by atoms with Crippen LogP contribution in [0.1, 0.15) is 45.7 Å². The van der Waals surface area contributed by atoms with E-state index in [1.165, 1.54) is 19.4 Å². The first-order chi connectivity index (χ1) is 19.7. The van der Waals surface area contributed by atoms with Gasteiger partial charge in [-0.2, -0.15) is 4.98 Å². The van der Waals surface area contributed by atoms with E-state index >= 15 is 4.39 Å². The molecule has 0 spiro atoms. The highest BCUT2D eigenvalue weighted by Gasteiger charge is 2.31. The zero-order valence-electron chi connectivity index (χ0n) is 23.0. The minimum atomic E-state index is -0.766. The minimum absolute atomic E-state index is 0.00817. The molecule has 2 amide bonds. The molecule has 3 heterocycles. The van der Waals surface area contributed by atoms with Crippen molar-refractivity contribution < 1.29 is 28.2 Å². The number of nitrogens with one attached hydrogen (secondary N) is 3. The van der Waals surface area contributed by atoms with Gasteiger partial charge in [0, 0.05) is 19.7 Å². The number of likely N-dealkylation sites (N-methyl/N-ethyl adjacent to an activating group) is 1. The molecule has 2 aliphatic heterocycles. The molecule has 41 heavy (non-hydrogen) atoms. The van der Waals surface area contributed by atoms with Crippen LogP contribution in [0.2, 0.25) is 5.02 Å². The van der Waals surface area contributed by atoms with E-state index in [1.807, 2.05) is 20.0 Å². The number of anilines is 2. The molecule has 5 rings (SSSR count). The van der Waals surface area contributed by atoms with Gasteiger partial charge < -0.3 is 35.1 Å². The van der Waals surface area contributed by atoms with Gasteiger partial charge in [0.25, 0.3) is 11.8 Å². The monoisotopic (exact) mass is 584 g/mol. The topological polar surface area (TPSA) is 127 Å². The van der Waals surface area contributed by atoms with E-state index in [1.54, 1.807) is 19.2 Å². The van der Waals surface area contributed by atoms with Crippen molar-refractivity contribution in [3.05, 3.63) is 64.1 Å². The third-order valence-corrected chi connectivity index (χ3v) is 7.44. The van der Waals surface area contributed by atoms with E-state index in [2.05, 4.69) is 30.8 Å². The molecule has 3 atom stereocenters. The van der Waals surface area contributed by atoms with Crippen LogP contribution in [0.4, 0.5) is 16.0 Å². The van der Waals surface area contributed by atoms with Crippen LogP contribution in [-0.2, 0) is 4.74 Å². The average Bonchev–Trinajstić information content (AvgIpc) is 3.25. The predicted molar refractivity (Wildman–Crippen MR) is 150 cm³/mol. The molecule has 0 radical (unpaired) electrons. The summed E-state index contributed by atoms with van der Waals surface area (Å²) in [5.74, 6) is -1.10. The average molecular weight is 585 g/mol. The van der Waals surface area contributed by atoms with E-state index in [0.717, 1.165) is 18.2 Å². The van der Waals surface area contributed by atoms with Crippen molar-refractivity contribution >= 4 is 35.1 Å². The fraction of sp³-hybridized carbons (Fsp3) is 0.357. The molecular formula is C28H30ClFN6O5. The van der Waals surface area contributed by atoms with Gasteiger partial charge in [0.2, 0.25) is 11.8 Å². The molecule has 1 fully saturated rings. The van der Waals surface area contributed by atoms with Gasteiger partial charge in [-0.25, -0.2) is 9.37 Å². The third kappa shape index (κ3) is 5.90. The molecule has 1 aromatic heterocycles. The number of halogens is 2. The van der Waals surface area contributed by atoms with Crippen LogP contribution in [0.15, 0.2) is 36.5 Å². The number of hydrogen-bond donors (Lipinski definition) is 3. The number of carbonyl (C=O) groups is 2. The fourth-order valence-corrected chi connectivity index (χ4v) is 5.14. The summed E-state index contributed by atoms with van der Waals surface area (Å²) in [5.41, 5.74) is 1.21. The molecular weight excluding hydrogens is 555 g/mol. The maximum Gasteiger partial charge on any atom is 0.255 e. The molecule has 13 heteroatoms. The smallest absolute Gasteiger partial charge is 0.255 e. The molecule has 0 saturated carbocycles. The van der Waals surface area contributed by atoms with Crippen molar-refractivity contribution in [3.8, 4) is 17.4 Å². The van der Waals surface area contributed by atoms with Crippen LogP contribution in [0.25, 0.3) is 0 Å². The van der Waals surface area contributed by atoms with Gasteiger partial charge in [0.1, 0.15) is 22.3 Å². The maximum absolute atomic E-state index is 15.2. The van der Waals surface area contributed by atoms with Crippen molar-refractivity contribution in [2.24, 2.45) is 0 Å². The Labute approximate surface area is 241 Å². The summed E-state index contributed by atoms with van der Waals surface area (Å²) >= 11 is 6.29. The van der Waals surface area contributed by atoms with Crippen molar-refractivity contribution in [1.82, 2.24) is 25.5 Å². The number of piperidine rings is 1. The van der Waals surface area contributed by atoms with Gasteiger partial charge in [-0.3, -0.25) is 9.59 Å². The molecule has 2 aromatic carbocycles. The highest BCUT2D eigenvalue weighted by atomic mass is 35.5. The lowest BCUT2D eigenvalue weighted by Gasteiger charge is -2.36. The zero-order valence-corrected chi connectivity index (χ0v) is 23.7. The van der Waals surface area contributed by atoms with Crippen LogP contribution < -0.4 is 25.4 Å². The number of likely N-dealkylation sites (tertiary alicyclic amines) is 1. The largest absolute Gasteiger partial charge is 0.495 e. The van der Waals surface area contributed by atoms with Crippen molar-refractivity contribution in [2.75, 3.05) is 39.7 Å². The van der Waals surface area contributed by atoms with E-state index in [0.29, 0.717) is 18.5 Å². The zero-order chi connectivity index (χ0) is 29.3. The van der Waals surface area contributed by atoms with Gasteiger partial charge in [-0.1, -0.05) is 23.7 Å². The van der Waals surface area contributed by atoms with E-state index in [4.69, 9.17) is 25.8 Å². The van der Waals surface area contributed by atoms with Crippen LogP contribution in [0, 0.1) is 5.82 Å². The highest BCUT2D eigenvalue weighted by molar-refractivity contribution is 6.31. The second kappa shape index (κ2) is 11.9. The Bertz CT molecular complexity index is 1490. The van der Waals surface area contributed by atoms with Crippen LogP contribution in [-0.4, -0.2) is 73.2 Å². The number of nitrogens with zero attached hydrogens (tertiary/aromatic N) is 3. The molecule has 3 N–H and O–H groups in total. The molecule has 2 unspecified atom stereocenters. The number of aromatic nitrogens is 2. The first-order valence-electron chi connectivity index (χ1n) is 13.0. The number of hydrogen-bond acceptors (Lipinski definition) is 9. The molecule has 216 valence electrons. The summed E-state index contributed by atoms with van der Waals surface area (Å²) < 4.78 is 32.1. The Balaban J connectivity index is 1.36. The Morgan fingerprint density at radius 3 is 2.80 bits per heavy atom. The van der Waals surface area contributed by atoms with Gasteiger partial charge in [0.05, 0.1) is 48.3 Å². The predicted octanol–water partition coefficient (Wildman–Crippen LogP) is 4.07. The number of benzene rings is 2. The number of ether oxygens (including phenoxy) is 3. The lowest BCUT2D eigenvalue weighted by Crippen LogP contribution is -2.53. The Morgan fingerprint density at radius 2 is 2.05 bits per heavy atom. The van der Waals surface area contributed by atoms with Gasteiger partial charge in [-0.05, 0) is 44.6 Å². The molecule has 11 nitrogen and oxygen atoms in total. The molecule has 3 aromatic rings. The second-order valence-electron chi connectivity index (χ2n) is 9.93. The Kier molecular flexibility index (Phi) is 8.25. The number of amides is 2. The van der Waals surface area contributed by atoms with Crippen molar-refractivity contribution in [3.63, 3.8) is 0 Å². The first kappa shape index (κ1) is 28.5. The number of carbonyl (C=O) groups excluding carboxylic acids is 2. The third-order valence-electron chi connectivity index (χ3n) is 7.18. The van der Waals surface area contributed by atoms with Crippen LogP contribution in [0.3, 0.4) is 0 Å². The summed E-state index contributed by atoms with van der Waals surface area (Å²) in [7, 11) is 4.97. The van der Waals surface area contributed by atoms with Gasteiger partial charge in [0.15, 0.2) is 0 Å². The lowest BCUT2D eigenvalue weighted by molar-refractivity contribution is 0.0141. The second-order valence-corrected chi connectivity index (χ2v) is 10.3. The quantitative estimate of drug-likeness (QED) is 0.359. The fourth-order valence-electron chi connectivity index (χ4n) is 5.01. The Hall–Kier alpha value is -4.00. The molecule has 0 aliphatic carbocycles. The summed E-state index contributed by atoms with van der Waals surface area (Å²) in [6.45, 7) is 3.31. The van der Waals surface area contributed by atoms with Crippen molar-refractivity contribution in [1.29, 1.82) is 0 Å². The molecule has 1 saturated heterocycles. The van der Waals surface area contributed by atoms with E-state index < -0.39 is 11.7 Å². The summed E-state index contributed by atoms with van der Waals surface area (Å²) in [5, 5.41) is 8.73. The van der Waals surface area contributed by atoms with Gasteiger partial charge in [-0.15, -0.1) is 0 Å². The number of rotatable bonds is 8. The summed E-state index contributed by atoms with van der Waals surface area (Å²) in [6, 6.07) is 7.28.